The number of fused-ring (bicyclic) bond motifs is 3. The maximum atomic E-state index is 12.6. The highest BCUT2D eigenvalue weighted by Gasteiger charge is 2.25. The summed E-state index contributed by atoms with van der Waals surface area (Å²) in [5.74, 6) is 0.705. The van der Waals surface area contributed by atoms with Gasteiger partial charge in [0.15, 0.2) is 0 Å². The molecule has 1 aliphatic rings. The van der Waals surface area contributed by atoms with Gasteiger partial charge in [-0.2, -0.15) is 0 Å². The average Bonchev–Trinajstić information content (AvgIpc) is 3.02. The van der Waals surface area contributed by atoms with Gasteiger partial charge in [0, 0.05) is 22.2 Å². The Hall–Kier alpha value is -2.75. The van der Waals surface area contributed by atoms with E-state index in [0.717, 1.165) is 36.2 Å². The van der Waals surface area contributed by atoms with Crippen LogP contribution in [0, 0.1) is 0 Å². The molecule has 0 aliphatic heterocycles. The topological polar surface area (TPSA) is 54.1 Å². The van der Waals surface area contributed by atoms with E-state index in [2.05, 4.69) is 28.5 Å². The van der Waals surface area contributed by atoms with Crippen LogP contribution in [0.4, 0.5) is 0 Å². The van der Waals surface area contributed by atoms with Crippen LogP contribution in [0.2, 0.25) is 0 Å². The largest absolute Gasteiger partial charge is 0.497 e. The summed E-state index contributed by atoms with van der Waals surface area (Å²) in [7, 11) is 1.62. The third-order valence-corrected chi connectivity index (χ3v) is 4.77. The maximum Gasteiger partial charge on any atom is 0.251 e. The van der Waals surface area contributed by atoms with Crippen LogP contribution in [0.5, 0.6) is 5.75 Å². The lowest BCUT2D eigenvalue weighted by Gasteiger charge is -2.24. The highest BCUT2D eigenvalue weighted by atomic mass is 16.5. The minimum atomic E-state index is -0.0471. The van der Waals surface area contributed by atoms with E-state index in [1.807, 2.05) is 18.2 Å². The molecule has 1 unspecified atom stereocenters. The van der Waals surface area contributed by atoms with Crippen LogP contribution in [0.3, 0.4) is 0 Å². The molecule has 0 saturated carbocycles. The van der Waals surface area contributed by atoms with Gasteiger partial charge in [-0.3, -0.25) is 4.79 Å². The van der Waals surface area contributed by atoms with E-state index >= 15 is 0 Å². The van der Waals surface area contributed by atoms with E-state index in [-0.39, 0.29) is 11.9 Å². The number of hydrogen-bond acceptors (Lipinski definition) is 2. The summed E-state index contributed by atoms with van der Waals surface area (Å²) >= 11 is 0. The van der Waals surface area contributed by atoms with Crippen LogP contribution in [0.25, 0.3) is 10.9 Å². The zero-order chi connectivity index (χ0) is 16.5. The molecule has 2 aromatic carbocycles. The fraction of sp³-hybridized carbons (Fsp3) is 0.250. The number of ether oxygens (including phenoxy) is 1. The first kappa shape index (κ1) is 14.8. The molecule has 0 bridgehead atoms. The number of aromatic nitrogens is 1. The fourth-order valence-corrected chi connectivity index (χ4v) is 3.54. The van der Waals surface area contributed by atoms with Gasteiger partial charge in [-0.05, 0) is 55.2 Å². The Morgan fingerprint density at radius 2 is 1.96 bits per heavy atom. The molecule has 1 aliphatic carbocycles. The van der Waals surface area contributed by atoms with Gasteiger partial charge in [-0.25, -0.2) is 0 Å². The first-order valence-corrected chi connectivity index (χ1v) is 8.30. The van der Waals surface area contributed by atoms with E-state index < -0.39 is 0 Å². The third kappa shape index (κ3) is 2.54. The van der Waals surface area contributed by atoms with Crippen molar-refractivity contribution >= 4 is 16.8 Å². The molecule has 4 nitrogen and oxygen atoms in total. The Bertz CT molecular complexity index is 880. The molecule has 0 spiro atoms. The lowest BCUT2D eigenvalue weighted by atomic mass is 9.91. The summed E-state index contributed by atoms with van der Waals surface area (Å²) in [4.78, 5) is 16.1. The van der Waals surface area contributed by atoms with Crippen molar-refractivity contribution in [1.29, 1.82) is 0 Å². The summed E-state index contributed by atoms with van der Waals surface area (Å²) in [6, 6.07) is 15.6. The highest BCUT2D eigenvalue weighted by Crippen LogP contribution is 2.34. The Morgan fingerprint density at radius 3 is 2.75 bits per heavy atom. The summed E-state index contributed by atoms with van der Waals surface area (Å²) in [5, 5.41) is 4.45. The van der Waals surface area contributed by atoms with E-state index in [0.29, 0.717) is 5.56 Å². The predicted octanol–water partition coefficient (Wildman–Crippen LogP) is 3.98. The number of rotatable bonds is 3. The highest BCUT2D eigenvalue weighted by molar-refractivity contribution is 5.95. The van der Waals surface area contributed by atoms with Gasteiger partial charge in [0.25, 0.3) is 5.91 Å². The lowest BCUT2D eigenvalue weighted by molar-refractivity contribution is 0.0932. The monoisotopic (exact) mass is 320 g/mol. The molecular weight excluding hydrogens is 300 g/mol. The Balaban J connectivity index is 1.60. The van der Waals surface area contributed by atoms with Crippen molar-refractivity contribution in [2.24, 2.45) is 0 Å². The minimum Gasteiger partial charge on any atom is -0.497 e. The second-order valence-electron chi connectivity index (χ2n) is 6.21. The van der Waals surface area contributed by atoms with E-state index in [4.69, 9.17) is 4.74 Å². The molecule has 4 rings (SSSR count). The summed E-state index contributed by atoms with van der Waals surface area (Å²) in [6.07, 6.45) is 3.11. The summed E-state index contributed by atoms with van der Waals surface area (Å²) in [5.41, 5.74) is 4.30. The normalized spacial score (nSPS) is 16.6. The van der Waals surface area contributed by atoms with Crippen LogP contribution in [0.1, 0.15) is 40.5 Å². The number of amides is 1. The molecule has 0 radical (unpaired) electrons. The molecule has 0 fully saturated rings. The summed E-state index contributed by atoms with van der Waals surface area (Å²) < 4.78 is 5.14. The van der Waals surface area contributed by atoms with Gasteiger partial charge in [0.2, 0.25) is 0 Å². The quantitative estimate of drug-likeness (QED) is 0.767. The van der Waals surface area contributed by atoms with Crippen molar-refractivity contribution in [3.8, 4) is 5.75 Å². The van der Waals surface area contributed by atoms with Crippen LogP contribution < -0.4 is 10.1 Å². The zero-order valence-electron chi connectivity index (χ0n) is 13.6. The van der Waals surface area contributed by atoms with E-state index in [9.17, 15) is 4.79 Å². The Morgan fingerprint density at radius 1 is 1.17 bits per heavy atom. The second-order valence-corrected chi connectivity index (χ2v) is 6.21. The fourth-order valence-electron chi connectivity index (χ4n) is 3.54. The number of carbonyl (C=O) groups excluding carboxylic acids is 1. The van der Waals surface area contributed by atoms with Crippen molar-refractivity contribution in [1.82, 2.24) is 10.3 Å². The maximum absolute atomic E-state index is 12.6. The standard InChI is InChI=1S/C20H20N2O2/c1-24-14-11-9-13(10-12-14)20(23)22-18-8-4-6-16-15-5-2-3-7-17(15)21-19(16)18/h2-3,5,7,9-12,18,21H,4,6,8H2,1H3,(H,22,23). The molecule has 4 heteroatoms. The third-order valence-electron chi connectivity index (χ3n) is 4.77. The lowest BCUT2D eigenvalue weighted by Crippen LogP contribution is -2.31. The molecule has 2 N–H and O–H groups in total. The van der Waals surface area contributed by atoms with Crippen molar-refractivity contribution in [2.45, 2.75) is 25.3 Å². The Kier molecular flexibility index (Phi) is 3.73. The molecule has 1 atom stereocenters. The van der Waals surface area contributed by atoms with Crippen molar-refractivity contribution in [3.63, 3.8) is 0 Å². The van der Waals surface area contributed by atoms with Crippen molar-refractivity contribution in [3.05, 3.63) is 65.4 Å². The van der Waals surface area contributed by atoms with Gasteiger partial charge in [-0.1, -0.05) is 18.2 Å². The SMILES string of the molecule is COc1ccc(C(=O)NC2CCCc3c2[nH]c2ccccc32)cc1. The van der Waals surface area contributed by atoms with Gasteiger partial charge in [0.1, 0.15) is 5.75 Å². The number of hydrogen-bond donors (Lipinski definition) is 2. The van der Waals surface area contributed by atoms with Crippen LogP contribution in [0.15, 0.2) is 48.5 Å². The number of H-pyrrole nitrogens is 1. The van der Waals surface area contributed by atoms with Crippen LogP contribution in [-0.2, 0) is 6.42 Å². The molecule has 1 aromatic heterocycles. The molecule has 1 amide bonds. The first-order chi connectivity index (χ1) is 11.8. The number of aryl methyl sites for hydroxylation is 1. The molecule has 3 aromatic rings. The van der Waals surface area contributed by atoms with Crippen LogP contribution in [-0.4, -0.2) is 18.0 Å². The number of carbonyl (C=O) groups is 1. The smallest absolute Gasteiger partial charge is 0.251 e. The van der Waals surface area contributed by atoms with E-state index in [1.54, 1.807) is 19.2 Å². The van der Waals surface area contributed by atoms with Crippen LogP contribution >= 0.6 is 0 Å². The number of aromatic amines is 1. The molecule has 24 heavy (non-hydrogen) atoms. The number of benzene rings is 2. The number of nitrogens with one attached hydrogen (secondary N) is 2. The molecule has 0 saturated heterocycles. The zero-order valence-corrected chi connectivity index (χ0v) is 13.6. The number of para-hydroxylation sites is 1. The van der Waals surface area contributed by atoms with E-state index in [1.165, 1.54) is 10.9 Å². The van der Waals surface area contributed by atoms with Gasteiger partial charge in [0.05, 0.1) is 13.2 Å². The second kappa shape index (κ2) is 6.04. The van der Waals surface area contributed by atoms with Crippen molar-refractivity contribution in [2.75, 3.05) is 7.11 Å². The summed E-state index contributed by atoms with van der Waals surface area (Å²) in [6.45, 7) is 0. The first-order valence-electron chi connectivity index (χ1n) is 8.30. The molecular formula is C20H20N2O2. The van der Waals surface area contributed by atoms with Gasteiger partial charge in [-0.15, -0.1) is 0 Å². The Labute approximate surface area is 140 Å². The predicted molar refractivity (Wildman–Crippen MR) is 94.4 cm³/mol. The van der Waals surface area contributed by atoms with Gasteiger partial charge >= 0.3 is 0 Å². The average molecular weight is 320 g/mol. The minimum absolute atomic E-state index is 0.0377. The molecule has 122 valence electrons. The molecule has 1 heterocycles. The van der Waals surface area contributed by atoms with Crippen molar-refractivity contribution < 1.29 is 9.53 Å². The van der Waals surface area contributed by atoms with Gasteiger partial charge < -0.3 is 15.0 Å². The number of methoxy groups -OCH3 is 1.